The Balaban J connectivity index is 1.24. The van der Waals surface area contributed by atoms with Crippen LogP contribution in [0.2, 0.25) is 0 Å². The lowest BCUT2D eigenvalue weighted by Gasteiger charge is -2.40. The summed E-state index contributed by atoms with van der Waals surface area (Å²) in [4.78, 5) is 30.3. The maximum absolute atomic E-state index is 12.8. The largest absolute Gasteiger partial charge is 0.331 e. The Bertz CT molecular complexity index is 1350. The standard InChI is InChI=1S/C29H32N4O2/c1-30-28(34)25-15-8-9-16-26(25)33(29(30)35)18-10-17-31-19-21-32(22-20-31)27(23-11-4-2-5-12-23)24-13-6-3-7-14-24/h2-9,11-16,27H,10,17-22H2,1H3. The van der Waals surface area contributed by atoms with Gasteiger partial charge in [-0.1, -0.05) is 72.8 Å². The maximum Gasteiger partial charge on any atom is 0.331 e. The molecule has 6 nitrogen and oxygen atoms in total. The number of para-hydroxylation sites is 1. The highest BCUT2D eigenvalue weighted by molar-refractivity contribution is 5.77. The predicted octanol–water partition coefficient (Wildman–Crippen LogP) is 3.50. The maximum atomic E-state index is 12.8. The summed E-state index contributed by atoms with van der Waals surface area (Å²) in [5, 5.41) is 0.594. The Hall–Kier alpha value is -3.48. The van der Waals surface area contributed by atoms with E-state index in [1.54, 1.807) is 17.7 Å². The Morgan fingerprint density at radius 2 is 1.29 bits per heavy atom. The highest BCUT2D eigenvalue weighted by Gasteiger charge is 2.26. The minimum absolute atomic E-state index is 0.232. The molecular weight excluding hydrogens is 436 g/mol. The van der Waals surface area contributed by atoms with Crippen LogP contribution < -0.4 is 11.2 Å². The molecule has 1 aliphatic heterocycles. The summed E-state index contributed by atoms with van der Waals surface area (Å²) in [6, 6.07) is 29.1. The molecule has 180 valence electrons. The van der Waals surface area contributed by atoms with Gasteiger partial charge in [0.1, 0.15) is 0 Å². The molecule has 0 amide bonds. The monoisotopic (exact) mass is 468 g/mol. The summed E-state index contributed by atoms with van der Waals surface area (Å²) in [6.07, 6.45) is 0.864. The first-order valence-corrected chi connectivity index (χ1v) is 12.4. The van der Waals surface area contributed by atoms with Crippen molar-refractivity contribution < 1.29 is 0 Å². The quantitative estimate of drug-likeness (QED) is 0.417. The molecule has 3 aromatic carbocycles. The number of fused-ring (bicyclic) bond motifs is 1. The number of hydrogen-bond acceptors (Lipinski definition) is 4. The van der Waals surface area contributed by atoms with Crippen molar-refractivity contribution in [1.29, 1.82) is 0 Å². The lowest BCUT2D eigenvalue weighted by atomic mass is 9.96. The summed E-state index contributed by atoms with van der Waals surface area (Å²) in [7, 11) is 1.56. The summed E-state index contributed by atoms with van der Waals surface area (Å²) in [5.74, 6) is 0. The molecule has 4 aromatic rings. The van der Waals surface area contributed by atoms with Gasteiger partial charge in [0.2, 0.25) is 0 Å². The fourth-order valence-corrected chi connectivity index (χ4v) is 5.24. The average molecular weight is 469 g/mol. The van der Waals surface area contributed by atoms with Crippen LogP contribution in [-0.4, -0.2) is 51.7 Å². The fourth-order valence-electron chi connectivity index (χ4n) is 5.24. The average Bonchev–Trinajstić information content (AvgIpc) is 2.91. The van der Waals surface area contributed by atoms with Crippen molar-refractivity contribution in [1.82, 2.24) is 18.9 Å². The van der Waals surface area contributed by atoms with Crippen LogP contribution in [0.1, 0.15) is 23.6 Å². The number of aryl methyl sites for hydroxylation is 1. The minimum Gasteiger partial charge on any atom is -0.301 e. The van der Waals surface area contributed by atoms with Crippen LogP contribution in [0.5, 0.6) is 0 Å². The highest BCUT2D eigenvalue weighted by Crippen LogP contribution is 2.29. The van der Waals surface area contributed by atoms with Gasteiger partial charge in [0.05, 0.1) is 16.9 Å². The van der Waals surface area contributed by atoms with E-state index in [0.29, 0.717) is 11.9 Å². The van der Waals surface area contributed by atoms with Gasteiger partial charge in [-0.2, -0.15) is 0 Å². The van der Waals surface area contributed by atoms with E-state index in [2.05, 4.69) is 70.5 Å². The van der Waals surface area contributed by atoms with Crippen molar-refractivity contribution >= 4 is 10.9 Å². The van der Waals surface area contributed by atoms with Crippen LogP contribution in [0, 0.1) is 0 Å². The molecule has 0 spiro atoms. The summed E-state index contributed by atoms with van der Waals surface area (Å²) >= 11 is 0. The molecule has 0 atom stereocenters. The Kier molecular flexibility index (Phi) is 6.93. The van der Waals surface area contributed by atoms with Gasteiger partial charge in [-0.25, -0.2) is 4.79 Å². The molecule has 1 fully saturated rings. The zero-order chi connectivity index (χ0) is 24.2. The van der Waals surface area contributed by atoms with Crippen molar-refractivity contribution in [2.45, 2.75) is 19.0 Å². The third-order valence-corrected chi connectivity index (χ3v) is 7.11. The number of nitrogens with zero attached hydrogens (tertiary/aromatic N) is 4. The van der Waals surface area contributed by atoms with Crippen LogP contribution in [0.25, 0.3) is 10.9 Å². The van der Waals surface area contributed by atoms with Crippen LogP contribution in [-0.2, 0) is 13.6 Å². The molecule has 2 heterocycles. The van der Waals surface area contributed by atoms with Crippen molar-refractivity contribution in [2.24, 2.45) is 7.05 Å². The number of benzene rings is 3. The number of aromatic nitrogens is 2. The zero-order valence-electron chi connectivity index (χ0n) is 20.2. The molecule has 0 aliphatic carbocycles. The van der Waals surface area contributed by atoms with E-state index in [-0.39, 0.29) is 17.3 Å². The second-order valence-electron chi connectivity index (χ2n) is 9.27. The Labute approximate surface area is 205 Å². The van der Waals surface area contributed by atoms with Crippen molar-refractivity contribution in [3.63, 3.8) is 0 Å². The van der Waals surface area contributed by atoms with Crippen LogP contribution in [0.4, 0.5) is 0 Å². The van der Waals surface area contributed by atoms with E-state index in [1.165, 1.54) is 15.7 Å². The third-order valence-electron chi connectivity index (χ3n) is 7.11. The normalized spacial score (nSPS) is 15.1. The van der Waals surface area contributed by atoms with E-state index < -0.39 is 0 Å². The lowest BCUT2D eigenvalue weighted by molar-refractivity contribution is 0.108. The van der Waals surface area contributed by atoms with E-state index >= 15 is 0 Å². The van der Waals surface area contributed by atoms with Gasteiger partial charge in [0, 0.05) is 39.8 Å². The molecule has 0 unspecified atom stereocenters. The van der Waals surface area contributed by atoms with E-state index in [0.717, 1.165) is 44.7 Å². The number of rotatable bonds is 7. The molecule has 1 aliphatic rings. The highest BCUT2D eigenvalue weighted by atomic mass is 16.2. The molecule has 6 heteroatoms. The molecule has 1 aromatic heterocycles. The summed E-state index contributed by atoms with van der Waals surface area (Å²) < 4.78 is 2.96. The summed E-state index contributed by atoms with van der Waals surface area (Å²) in [6.45, 7) is 5.52. The molecule has 0 radical (unpaired) electrons. The van der Waals surface area contributed by atoms with E-state index in [1.807, 2.05) is 18.2 Å². The lowest BCUT2D eigenvalue weighted by Crippen LogP contribution is -2.48. The molecule has 35 heavy (non-hydrogen) atoms. The first-order valence-electron chi connectivity index (χ1n) is 12.4. The number of piperazine rings is 1. The first kappa shape index (κ1) is 23.3. The van der Waals surface area contributed by atoms with Gasteiger partial charge in [-0.05, 0) is 36.2 Å². The van der Waals surface area contributed by atoms with Crippen LogP contribution >= 0.6 is 0 Å². The Morgan fingerprint density at radius 1 is 0.714 bits per heavy atom. The topological polar surface area (TPSA) is 50.5 Å². The smallest absolute Gasteiger partial charge is 0.301 e. The van der Waals surface area contributed by atoms with Gasteiger partial charge in [0.25, 0.3) is 5.56 Å². The van der Waals surface area contributed by atoms with Crippen LogP contribution in [0.3, 0.4) is 0 Å². The summed E-state index contributed by atoms with van der Waals surface area (Å²) in [5.41, 5.74) is 2.90. The Morgan fingerprint density at radius 3 is 1.91 bits per heavy atom. The second kappa shape index (κ2) is 10.4. The zero-order valence-corrected chi connectivity index (χ0v) is 20.2. The minimum atomic E-state index is -0.243. The number of hydrogen-bond donors (Lipinski definition) is 0. The molecule has 0 saturated carbocycles. The van der Waals surface area contributed by atoms with Crippen molar-refractivity contribution in [2.75, 3.05) is 32.7 Å². The second-order valence-corrected chi connectivity index (χ2v) is 9.27. The van der Waals surface area contributed by atoms with Crippen molar-refractivity contribution in [3.05, 3.63) is 117 Å². The fraction of sp³-hybridized carbons (Fsp3) is 0.310. The van der Waals surface area contributed by atoms with Gasteiger partial charge in [-0.15, -0.1) is 0 Å². The third kappa shape index (κ3) is 4.85. The van der Waals surface area contributed by atoms with E-state index in [9.17, 15) is 9.59 Å². The van der Waals surface area contributed by atoms with Gasteiger partial charge in [-0.3, -0.25) is 18.8 Å². The van der Waals surface area contributed by atoms with Gasteiger partial charge >= 0.3 is 5.69 Å². The van der Waals surface area contributed by atoms with E-state index in [4.69, 9.17) is 0 Å². The molecule has 1 saturated heterocycles. The SMILES string of the molecule is Cn1c(=O)c2ccccc2n(CCCN2CCN(C(c3ccccc3)c3ccccc3)CC2)c1=O. The van der Waals surface area contributed by atoms with Gasteiger partial charge in [0.15, 0.2) is 0 Å². The molecule has 5 rings (SSSR count). The van der Waals surface area contributed by atoms with Gasteiger partial charge < -0.3 is 4.90 Å². The molecule has 0 N–H and O–H groups in total. The van der Waals surface area contributed by atoms with Crippen LogP contribution in [0.15, 0.2) is 94.5 Å². The molecular formula is C29H32N4O2. The first-order chi connectivity index (χ1) is 17.1. The predicted molar refractivity (Wildman–Crippen MR) is 141 cm³/mol. The van der Waals surface area contributed by atoms with Crippen molar-refractivity contribution in [3.8, 4) is 0 Å². The molecule has 0 bridgehead atoms.